The molecule has 27 heavy (non-hydrogen) atoms. The molecule has 0 saturated carbocycles. The number of benzene rings is 2. The van der Waals surface area contributed by atoms with Crippen molar-refractivity contribution in [2.24, 2.45) is 5.10 Å². The molecule has 0 spiro atoms. The Bertz CT molecular complexity index is 851. The summed E-state index contributed by atoms with van der Waals surface area (Å²) in [5.41, 5.74) is 3.91. The highest BCUT2D eigenvalue weighted by Gasteiger charge is 2.09. The van der Waals surface area contributed by atoms with Gasteiger partial charge in [-0.1, -0.05) is 0 Å². The smallest absolute Gasteiger partial charge is 0.259 e. The van der Waals surface area contributed by atoms with Crippen LogP contribution in [0.25, 0.3) is 0 Å². The van der Waals surface area contributed by atoms with Gasteiger partial charge in [-0.2, -0.15) is 5.10 Å². The molecule has 2 aromatic carbocycles. The minimum Gasteiger partial charge on any atom is -0.493 e. The van der Waals surface area contributed by atoms with Crippen molar-refractivity contribution in [1.82, 2.24) is 10.7 Å². The molecular formula is C19H20FN3O4. The maximum atomic E-state index is 12.8. The first-order chi connectivity index (χ1) is 12.9. The van der Waals surface area contributed by atoms with E-state index in [0.717, 1.165) is 5.56 Å². The number of carbonyl (C=O) groups excluding carboxylic acids is 2. The fourth-order valence-electron chi connectivity index (χ4n) is 2.18. The van der Waals surface area contributed by atoms with Crippen LogP contribution in [0, 0.1) is 5.82 Å². The summed E-state index contributed by atoms with van der Waals surface area (Å²) in [5.74, 6) is -0.288. The van der Waals surface area contributed by atoms with Gasteiger partial charge in [-0.05, 0) is 49.4 Å². The summed E-state index contributed by atoms with van der Waals surface area (Å²) in [6.07, 6.45) is 0. The molecule has 0 bridgehead atoms. The minimum absolute atomic E-state index is 0.259. The molecule has 0 aliphatic heterocycles. The molecule has 142 valence electrons. The third kappa shape index (κ3) is 5.53. The summed E-state index contributed by atoms with van der Waals surface area (Å²) < 4.78 is 23.2. The number of rotatable bonds is 7. The molecular weight excluding hydrogens is 353 g/mol. The zero-order valence-electron chi connectivity index (χ0n) is 15.2. The topological polar surface area (TPSA) is 89.0 Å². The first kappa shape index (κ1) is 19.9. The molecule has 0 unspecified atom stereocenters. The SMILES string of the molecule is COc1ccc(C(C)=NNC(=O)CNC(=O)c2ccc(F)cc2)cc1OC. The lowest BCUT2D eigenvalue weighted by Gasteiger charge is -2.09. The maximum Gasteiger partial charge on any atom is 0.259 e. The average molecular weight is 373 g/mol. The average Bonchev–Trinajstić information content (AvgIpc) is 2.70. The lowest BCUT2D eigenvalue weighted by atomic mass is 10.1. The van der Waals surface area contributed by atoms with Crippen LogP contribution >= 0.6 is 0 Å². The van der Waals surface area contributed by atoms with Crippen LogP contribution < -0.4 is 20.2 Å². The fourth-order valence-corrected chi connectivity index (χ4v) is 2.18. The predicted molar refractivity (Wildman–Crippen MR) is 98.6 cm³/mol. The van der Waals surface area contributed by atoms with Crippen molar-refractivity contribution in [2.75, 3.05) is 20.8 Å². The van der Waals surface area contributed by atoms with Gasteiger partial charge in [0.25, 0.3) is 11.8 Å². The van der Waals surface area contributed by atoms with Crippen LogP contribution in [-0.4, -0.2) is 38.3 Å². The van der Waals surface area contributed by atoms with Crippen LogP contribution in [0.4, 0.5) is 4.39 Å². The molecule has 0 fully saturated rings. The van der Waals surface area contributed by atoms with Gasteiger partial charge in [0.2, 0.25) is 0 Å². The molecule has 2 N–H and O–H groups in total. The van der Waals surface area contributed by atoms with Crippen molar-refractivity contribution in [2.45, 2.75) is 6.92 Å². The van der Waals surface area contributed by atoms with Gasteiger partial charge in [0.05, 0.1) is 26.5 Å². The Morgan fingerprint density at radius 3 is 2.26 bits per heavy atom. The van der Waals surface area contributed by atoms with Crippen LogP contribution in [0.2, 0.25) is 0 Å². The second-order valence-corrected chi connectivity index (χ2v) is 5.49. The van der Waals surface area contributed by atoms with E-state index in [4.69, 9.17) is 9.47 Å². The number of hydrogen-bond donors (Lipinski definition) is 2. The van der Waals surface area contributed by atoms with E-state index in [2.05, 4.69) is 15.8 Å². The normalized spacial score (nSPS) is 10.9. The van der Waals surface area contributed by atoms with E-state index in [0.29, 0.717) is 17.2 Å². The van der Waals surface area contributed by atoms with Gasteiger partial charge in [0, 0.05) is 11.1 Å². The number of ether oxygens (including phenoxy) is 2. The van der Waals surface area contributed by atoms with Gasteiger partial charge >= 0.3 is 0 Å². The third-order valence-corrected chi connectivity index (χ3v) is 3.67. The largest absolute Gasteiger partial charge is 0.493 e. The maximum absolute atomic E-state index is 12.8. The van der Waals surface area contributed by atoms with E-state index in [-0.39, 0.29) is 12.1 Å². The summed E-state index contributed by atoms with van der Waals surface area (Å²) in [6.45, 7) is 1.46. The summed E-state index contributed by atoms with van der Waals surface area (Å²) in [4.78, 5) is 23.7. The molecule has 0 atom stereocenters. The summed E-state index contributed by atoms with van der Waals surface area (Å²) >= 11 is 0. The fraction of sp³-hybridized carbons (Fsp3) is 0.211. The first-order valence-electron chi connectivity index (χ1n) is 8.04. The second-order valence-electron chi connectivity index (χ2n) is 5.49. The van der Waals surface area contributed by atoms with Crippen LogP contribution in [0.1, 0.15) is 22.8 Å². The van der Waals surface area contributed by atoms with Crippen molar-refractivity contribution >= 4 is 17.5 Å². The van der Waals surface area contributed by atoms with E-state index >= 15 is 0 Å². The zero-order chi connectivity index (χ0) is 19.8. The first-order valence-corrected chi connectivity index (χ1v) is 8.04. The molecule has 2 rings (SSSR count). The summed E-state index contributed by atoms with van der Waals surface area (Å²) in [5, 5.41) is 6.44. The van der Waals surface area contributed by atoms with Crippen LogP contribution in [-0.2, 0) is 4.79 Å². The molecule has 0 saturated heterocycles. The molecule has 0 heterocycles. The number of halogens is 1. The van der Waals surface area contributed by atoms with Crippen molar-refractivity contribution in [3.05, 3.63) is 59.4 Å². The van der Waals surface area contributed by atoms with Gasteiger partial charge in [0.1, 0.15) is 5.82 Å². The Kier molecular flexibility index (Phi) is 6.87. The van der Waals surface area contributed by atoms with E-state index in [1.807, 2.05) is 0 Å². The number of hydrazone groups is 1. The van der Waals surface area contributed by atoms with Crippen molar-refractivity contribution in [3.8, 4) is 11.5 Å². The van der Waals surface area contributed by atoms with E-state index in [1.54, 1.807) is 32.2 Å². The van der Waals surface area contributed by atoms with Gasteiger partial charge in [0.15, 0.2) is 11.5 Å². The zero-order valence-corrected chi connectivity index (χ0v) is 15.2. The Morgan fingerprint density at radius 2 is 1.63 bits per heavy atom. The molecule has 0 aliphatic rings. The Balaban J connectivity index is 1.91. The quantitative estimate of drug-likeness (QED) is 0.575. The van der Waals surface area contributed by atoms with Gasteiger partial charge in [-0.3, -0.25) is 9.59 Å². The molecule has 2 amide bonds. The molecule has 0 radical (unpaired) electrons. The standard InChI is InChI=1S/C19H20FN3O4/c1-12(14-6-9-16(26-2)17(10-14)27-3)22-23-18(24)11-21-19(25)13-4-7-15(20)8-5-13/h4-10H,11H2,1-3H3,(H,21,25)(H,23,24). The lowest BCUT2D eigenvalue weighted by Crippen LogP contribution is -2.35. The molecule has 7 nitrogen and oxygen atoms in total. The number of carbonyl (C=O) groups is 2. The van der Waals surface area contributed by atoms with Crippen molar-refractivity contribution in [3.63, 3.8) is 0 Å². The Hall–Kier alpha value is -3.42. The van der Waals surface area contributed by atoms with Crippen LogP contribution in [0.5, 0.6) is 11.5 Å². The number of nitrogens with one attached hydrogen (secondary N) is 2. The number of hydrogen-bond acceptors (Lipinski definition) is 5. The van der Waals surface area contributed by atoms with E-state index in [1.165, 1.54) is 31.4 Å². The highest BCUT2D eigenvalue weighted by molar-refractivity contribution is 6.00. The lowest BCUT2D eigenvalue weighted by molar-refractivity contribution is -0.120. The van der Waals surface area contributed by atoms with Crippen LogP contribution in [0.3, 0.4) is 0 Å². The van der Waals surface area contributed by atoms with Crippen molar-refractivity contribution < 1.29 is 23.5 Å². The number of amides is 2. The molecule has 0 aromatic heterocycles. The number of methoxy groups -OCH3 is 2. The Morgan fingerprint density at radius 1 is 1.00 bits per heavy atom. The van der Waals surface area contributed by atoms with E-state index in [9.17, 15) is 14.0 Å². The number of nitrogens with zero attached hydrogens (tertiary/aromatic N) is 1. The van der Waals surface area contributed by atoms with Crippen LogP contribution in [0.15, 0.2) is 47.6 Å². The molecule has 2 aromatic rings. The molecule has 0 aliphatic carbocycles. The van der Waals surface area contributed by atoms with Gasteiger partial charge in [-0.25, -0.2) is 9.82 Å². The summed E-state index contributed by atoms with van der Waals surface area (Å²) in [6, 6.07) is 10.3. The van der Waals surface area contributed by atoms with Crippen molar-refractivity contribution in [1.29, 1.82) is 0 Å². The third-order valence-electron chi connectivity index (χ3n) is 3.67. The summed E-state index contributed by atoms with van der Waals surface area (Å²) in [7, 11) is 3.07. The Labute approximate surface area is 156 Å². The molecule has 8 heteroatoms. The predicted octanol–water partition coefficient (Wildman–Crippen LogP) is 2.11. The van der Waals surface area contributed by atoms with E-state index < -0.39 is 17.6 Å². The highest BCUT2D eigenvalue weighted by atomic mass is 19.1. The van der Waals surface area contributed by atoms with Gasteiger partial charge < -0.3 is 14.8 Å². The van der Waals surface area contributed by atoms with Gasteiger partial charge in [-0.15, -0.1) is 0 Å². The highest BCUT2D eigenvalue weighted by Crippen LogP contribution is 2.27. The second kappa shape index (κ2) is 9.33. The monoisotopic (exact) mass is 373 g/mol. The minimum atomic E-state index is -0.495.